The van der Waals surface area contributed by atoms with Crippen LogP contribution in [0.1, 0.15) is 6.85 Å². The van der Waals surface area contributed by atoms with Gasteiger partial charge < -0.3 is 14.7 Å². The third kappa shape index (κ3) is 13.4. The predicted molar refractivity (Wildman–Crippen MR) is 590 cm³/mol. The average molecular weight is 1800 g/mol. The Morgan fingerprint density at radius 3 is 1.01 bits per heavy atom. The Hall–Kier alpha value is -19.0. The summed E-state index contributed by atoms with van der Waals surface area (Å²) in [6, 6.07) is 161. The molecular weight excluding hydrogens is 1710 g/mol. The van der Waals surface area contributed by atoms with Crippen molar-refractivity contribution in [2.45, 2.75) is 0 Å². The van der Waals surface area contributed by atoms with E-state index in [9.17, 15) is 0 Å². The Kier molecular flexibility index (Phi) is 17.6. The quantitative estimate of drug-likeness (QED) is 0.131. The molecule has 0 saturated carbocycles. The molecule has 0 spiro atoms. The minimum Gasteiger partial charge on any atom is -0.309 e. The molecule has 0 amide bonds. The topological polar surface area (TPSA) is 87.1 Å². The summed E-state index contributed by atoms with van der Waals surface area (Å²) < 4.78 is 42.6. The van der Waals surface area contributed by atoms with E-state index >= 15 is 0 Å². The van der Waals surface area contributed by atoms with Crippen LogP contribution in [0.5, 0.6) is 0 Å². The summed E-state index contributed by atoms with van der Waals surface area (Å²) in [6.45, 7) is 0. The second-order valence-electron chi connectivity index (χ2n) is 36.2. The summed E-state index contributed by atoms with van der Waals surface area (Å²) in [5, 5.41) is 21.2. The minimum atomic E-state index is -0.447. The minimum absolute atomic E-state index is 0.0238. The number of anilines is 9. The van der Waals surface area contributed by atoms with Gasteiger partial charge in [0.25, 0.3) is 0 Å². The molecule has 3 aromatic heterocycles. The van der Waals surface area contributed by atoms with E-state index in [1.165, 1.54) is 126 Å². The molecule has 3 aliphatic heterocycles. The van der Waals surface area contributed by atoms with Crippen molar-refractivity contribution in [3.8, 4) is 101 Å². The van der Waals surface area contributed by atoms with Crippen molar-refractivity contribution in [2.75, 3.05) is 14.7 Å². The lowest BCUT2D eigenvalue weighted by atomic mass is 9.90. The van der Waals surface area contributed by atoms with E-state index < -0.39 is 18.1 Å². The van der Waals surface area contributed by atoms with Gasteiger partial charge in [0.05, 0.1) is 114 Å². The van der Waals surface area contributed by atoms with Crippen molar-refractivity contribution in [3.05, 3.63) is 491 Å². The Bertz CT molecular complexity index is 10200. The van der Waals surface area contributed by atoms with Crippen LogP contribution in [0.4, 0.5) is 51.2 Å². The Balaban J connectivity index is 0.000000106. The summed E-state index contributed by atoms with van der Waals surface area (Å²) in [6.07, 6.45) is 0. The molecule has 0 bridgehead atoms. The molecule has 6 heterocycles. The maximum Gasteiger partial charge on any atom is 0.0979 e. The van der Waals surface area contributed by atoms with Gasteiger partial charge in [0.2, 0.25) is 0 Å². The smallest absolute Gasteiger partial charge is 0.0979 e. The first kappa shape index (κ1) is 75.4. The maximum atomic E-state index is 8.81. The number of hydrogen-bond acceptors (Lipinski definition) is 9. The highest BCUT2D eigenvalue weighted by atomic mass is 15.2. The summed E-state index contributed by atoms with van der Waals surface area (Å²) in [5.41, 5.74) is 31.6. The summed E-state index contributed by atoms with van der Waals surface area (Å²) in [7, 11) is 0. The fourth-order valence-corrected chi connectivity index (χ4v) is 22.0. The lowest BCUT2D eigenvalue weighted by Gasteiger charge is -2.34. The first-order valence-corrected chi connectivity index (χ1v) is 47.6. The predicted octanol–water partition coefficient (Wildman–Crippen LogP) is 35.6. The number of nitrogens with zero attached hydrogens (tertiary/aromatic N) is 9. The van der Waals surface area contributed by atoms with Gasteiger partial charge in [-0.1, -0.05) is 364 Å². The second kappa shape index (κ2) is 33.0. The van der Waals surface area contributed by atoms with Gasteiger partial charge in [-0.25, -0.2) is 29.9 Å². The highest BCUT2D eigenvalue weighted by molar-refractivity contribution is 6.21. The van der Waals surface area contributed by atoms with Crippen LogP contribution in [0.25, 0.3) is 231 Å². The molecule has 3 aliphatic rings. The Morgan fingerprint density at radius 2 is 0.482 bits per heavy atom. The summed E-state index contributed by atoms with van der Waals surface area (Å²) in [5.74, 6) is 0. The molecule has 0 N–H and O–H groups in total. The standard InChI is InChI=1S/C48H29N3.C44H27N3.C40H25N3/c1-2-14-36-33(11-1)29-41(38-16-4-3-15-37(36)38)48-47(49-42-19-6-7-20-43(42)50-48)34-24-23-32-28-35(26-25-31(32)27-34)51-44-21-8-5-17-39(44)40-18-9-12-30-13-10-22-45(51)46(30)40;1-2-14-34-29(10-1)11-7-17-37(34)44-43(45-38-18-4-5-19-39(38)46-44)31-23-22-28-24-25-33(27-32(28)26-31)47-40-20-6-3-15-35(40)36-16-8-12-30-13-9-21-41(47)42(30)36;1-2-12-27(13-3-1)39-40(42-34-21-8-7-20-33(34)41-39)32-24-25-36(29-17-5-4-16-28(29)32)43-35-22-9-6-18-30(35)31-19-10-14-26-15-11-23-37(43)38(26)31/h1-29H;1-27H;1-25H/i;;1D,2D,3D,12D,13D. The van der Waals surface area contributed by atoms with E-state index in [1.54, 1.807) is 0 Å². The number of rotatable bonds is 9. The van der Waals surface area contributed by atoms with E-state index in [1.807, 2.05) is 84.9 Å². The second-order valence-corrected chi connectivity index (χ2v) is 36.2. The normalized spacial score (nSPS) is 12.7. The monoisotopic (exact) mass is 1800 g/mol. The number of hydrogen-bond donors (Lipinski definition) is 0. The van der Waals surface area contributed by atoms with Gasteiger partial charge in [-0.2, -0.15) is 0 Å². The van der Waals surface area contributed by atoms with Gasteiger partial charge in [0, 0.05) is 83.0 Å². The van der Waals surface area contributed by atoms with E-state index in [0.717, 1.165) is 128 Å². The molecule has 0 atom stereocenters. The van der Waals surface area contributed by atoms with Gasteiger partial charge in [-0.05, 0) is 219 Å². The van der Waals surface area contributed by atoms with Crippen molar-refractivity contribution in [2.24, 2.45) is 0 Å². The zero-order chi connectivity index (χ0) is 97.0. The average Bonchev–Trinajstić information content (AvgIpc) is 0.531. The molecule has 141 heavy (non-hydrogen) atoms. The maximum absolute atomic E-state index is 8.81. The van der Waals surface area contributed by atoms with Gasteiger partial charge in [-0.15, -0.1) is 0 Å². The molecule has 30 rings (SSSR count). The van der Waals surface area contributed by atoms with Crippen LogP contribution in [0.3, 0.4) is 0 Å². The zero-order valence-electron chi connectivity index (χ0n) is 80.9. The van der Waals surface area contributed by atoms with Crippen molar-refractivity contribution in [1.29, 1.82) is 0 Å². The van der Waals surface area contributed by atoms with Crippen molar-refractivity contribution < 1.29 is 6.85 Å². The van der Waals surface area contributed by atoms with Crippen LogP contribution in [0.15, 0.2) is 491 Å². The molecule has 0 fully saturated rings. The number of aromatic nitrogens is 6. The zero-order valence-corrected chi connectivity index (χ0v) is 75.9. The molecule has 0 aliphatic carbocycles. The summed E-state index contributed by atoms with van der Waals surface area (Å²) in [4.78, 5) is 38.2. The van der Waals surface area contributed by atoms with Gasteiger partial charge >= 0.3 is 0 Å². The fraction of sp³-hybridized carbons (Fsp3) is 0. The molecule has 9 heteroatoms. The van der Waals surface area contributed by atoms with E-state index in [-0.39, 0.29) is 23.3 Å². The van der Waals surface area contributed by atoms with Crippen LogP contribution in [0.2, 0.25) is 0 Å². The van der Waals surface area contributed by atoms with Crippen LogP contribution in [-0.4, -0.2) is 29.9 Å². The molecule has 0 saturated heterocycles. The summed E-state index contributed by atoms with van der Waals surface area (Å²) >= 11 is 0. The highest BCUT2D eigenvalue weighted by Crippen LogP contribution is 2.57. The van der Waals surface area contributed by atoms with E-state index in [2.05, 4.69) is 391 Å². The van der Waals surface area contributed by atoms with Crippen molar-refractivity contribution in [1.82, 2.24) is 29.9 Å². The number of benzene rings is 24. The van der Waals surface area contributed by atoms with Gasteiger partial charge in [-0.3, -0.25) is 0 Å². The van der Waals surface area contributed by atoms with E-state index in [0.29, 0.717) is 16.7 Å². The van der Waals surface area contributed by atoms with E-state index in [4.69, 9.17) is 36.8 Å². The SMILES string of the molecule is [2H]c1c([2H])c([2H])c(-c2nc3ccccc3nc2-c2ccc(N3c4ccccc4-c4cccc5cccc3c45)c3ccccc23)c([2H])c1[2H].c1ccc2c(c1)-c1cccc3cccc(c13)N2c1ccc2cc(-c3nc4ccccc4nc3-c3cc4ccccc4c4ccccc34)ccc2c1.c1ccc2c(c1)-c1cccc3cccc(c13)N2c1ccc2ccc(-c3nc4ccccc4nc3-c3cccc4ccccc34)cc2c1. The Morgan fingerprint density at radius 1 is 0.156 bits per heavy atom. The number of para-hydroxylation sites is 9. The van der Waals surface area contributed by atoms with Crippen molar-refractivity contribution in [3.63, 3.8) is 0 Å². The van der Waals surface area contributed by atoms with Crippen LogP contribution < -0.4 is 14.7 Å². The fourth-order valence-electron chi connectivity index (χ4n) is 22.0. The molecule has 9 nitrogen and oxygen atoms in total. The van der Waals surface area contributed by atoms with Crippen LogP contribution in [-0.2, 0) is 0 Å². The van der Waals surface area contributed by atoms with Gasteiger partial charge in [0.15, 0.2) is 0 Å². The van der Waals surface area contributed by atoms with Crippen LogP contribution >= 0.6 is 0 Å². The molecular formula is C132H81N9. The molecule has 654 valence electrons. The number of fused-ring (bicyclic) bond motifs is 16. The van der Waals surface area contributed by atoms with Crippen LogP contribution in [0, 0.1) is 0 Å². The molecule has 0 radical (unpaired) electrons. The first-order chi connectivity index (χ1) is 72.0. The largest absolute Gasteiger partial charge is 0.309 e. The lowest BCUT2D eigenvalue weighted by Crippen LogP contribution is -2.15. The highest BCUT2D eigenvalue weighted by Gasteiger charge is 2.32. The molecule has 24 aromatic carbocycles. The molecule has 27 aromatic rings. The van der Waals surface area contributed by atoms with Crippen molar-refractivity contribution >= 4 is 181 Å². The third-order valence-corrected chi connectivity index (χ3v) is 28.3. The first-order valence-electron chi connectivity index (χ1n) is 50.1. The Labute approximate surface area is 819 Å². The lowest BCUT2D eigenvalue weighted by molar-refractivity contribution is 1.29. The van der Waals surface area contributed by atoms with Gasteiger partial charge in [0.1, 0.15) is 0 Å². The third-order valence-electron chi connectivity index (χ3n) is 28.3. The molecule has 0 unspecified atom stereocenters.